The van der Waals surface area contributed by atoms with Gasteiger partial charge in [-0.05, 0) is 128 Å². The number of non-ortho nitro benzene ring substituents is 1. The van der Waals surface area contributed by atoms with Gasteiger partial charge in [0.25, 0.3) is 5.69 Å². The lowest BCUT2D eigenvalue weighted by Crippen LogP contribution is -2.08. The Balaban J connectivity index is 1.54. The molecule has 11 nitrogen and oxygen atoms in total. The summed E-state index contributed by atoms with van der Waals surface area (Å²) in [5.74, 6) is -0.714. The number of hydrogen-bond acceptors (Lipinski definition) is 8. The van der Waals surface area contributed by atoms with Crippen LogP contribution in [0, 0.1) is 24.0 Å². The second kappa shape index (κ2) is 14.8. The fourth-order valence-electron chi connectivity index (χ4n) is 7.16. The molecule has 52 heavy (non-hydrogen) atoms. The number of nitrogens with zero attached hydrogens (tertiary/aromatic N) is 3. The lowest BCUT2D eigenvalue weighted by molar-refractivity contribution is -0.384. The van der Waals surface area contributed by atoms with Crippen molar-refractivity contribution in [2.45, 2.75) is 80.1 Å². The van der Waals surface area contributed by atoms with E-state index < -0.39 is 10.9 Å². The van der Waals surface area contributed by atoms with E-state index in [-0.39, 0.29) is 30.2 Å². The summed E-state index contributed by atoms with van der Waals surface area (Å²) < 4.78 is 10.5. The molecule has 1 aromatic carbocycles. The molecule has 0 fully saturated rings. The zero-order chi connectivity index (χ0) is 37.3. The Kier molecular flexibility index (Phi) is 10.2. The van der Waals surface area contributed by atoms with Crippen molar-refractivity contribution in [3.8, 4) is 5.75 Å². The summed E-state index contributed by atoms with van der Waals surface area (Å²) in [5.41, 5.74) is 15.2. The molecule has 4 aromatic rings. The van der Waals surface area contributed by atoms with Crippen molar-refractivity contribution in [1.29, 1.82) is 0 Å². The highest BCUT2D eigenvalue weighted by atomic mass is 16.6. The summed E-state index contributed by atoms with van der Waals surface area (Å²) >= 11 is 0. The molecule has 268 valence electrons. The van der Waals surface area contributed by atoms with Crippen LogP contribution in [0.2, 0.25) is 0 Å². The molecule has 11 heteroatoms. The highest BCUT2D eigenvalue weighted by Crippen LogP contribution is 2.38. The second-order valence-electron chi connectivity index (χ2n) is 13.2. The van der Waals surface area contributed by atoms with Gasteiger partial charge in [0.15, 0.2) is 0 Å². The van der Waals surface area contributed by atoms with Crippen LogP contribution in [-0.2, 0) is 27.2 Å². The minimum atomic E-state index is -0.529. The number of aromatic amines is 2. The number of fused-ring (bicyclic) bond motifs is 8. The van der Waals surface area contributed by atoms with E-state index in [2.05, 4.69) is 55.9 Å². The van der Waals surface area contributed by atoms with Gasteiger partial charge >= 0.3 is 11.9 Å². The first-order valence-corrected chi connectivity index (χ1v) is 17.6. The number of hydrogen-bond donors (Lipinski definition) is 2. The van der Waals surface area contributed by atoms with Gasteiger partial charge in [-0.2, -0.15) is 0 Å². The number of nitro groups is 1. The summed E-state index contributed by atoms with van der Waals surface area (Å²) in [6.45, 7) is 12.6. The summed E-state index contributed by atoms with van der Waals surface area (Å²) in [6, 6.07) is 13.8. The van der Waals surface area contributed by atoms with Crippen LogP contribution in [0.4, 0.5) is 5.69 Å². The van der Waals surface area contributed by atoms with E-state index in [1.54, 1.807) is 0 Å². The molecule has 0 aliphatic carbocycles. The highest BCUT2D eigenvalue weighted by molar-refractivity contribution is 5.96. The van der Waals surface area contributed by atoms with E-state index in [0.717, 1.165) is 74.2 Å². The maximum Gasteiger partial charge on any atom is 0.311 e. The fraction of sp³-hybridized carbons (Fsp3) is 0.317. The standard InChI is InChI=1S/C41H43N5O6/c1-8-28-22(3)32-18-33-24(5)30(13-15-40(47)51-7)38(44-33)21-39-31(14-16-41(48)52-27-12-10-11-26(17-27)46(49)50)25(6)35(45-39)20-37-29(9-2)23(4)34(43-37)19-36(28)42-32/h10-12,17-21,42-43H,8-9,13-16H2,1-7H3. The number of rotatable bonds is 10. The van der Waals surface area contributed by atoms with Crippen LogP contribution in [0.5, 0.6) is 5.75 Å². The Labute approximate surface area is 302 Å². The molecule has 0 atom stereocenters. The second-order valence-corrected chi connectivity index (χ2v) is 13.2. The van der Waals surface area contributed by atoms with Gasteiger partial charge in [0.05, 0.1) is 47.3 Å². The topological polar surface area (TPSA) is 153 Å². The van der Waals surface area contributed by atoms with Gasteiger partial charge in [0, 0.05) is 34.6 Å². The predicted molar refractivity (Wildman–Crippen MR) is 203 cm³/mol. The van der Waals surface area contributed by atoms with Crippen molar-refractivity contribution in [2.75, 3.05) is 7.11 Å². The first-order valence-electron chi connectivity index (χ1n) is 17.6. The third kappa shape index (κ3) is 7.03. The summed E-state index contributed by atoms with van der Waals surface area (Å²) in [7, 11) is 1.38. The largest absolute Gasteiger partial charge is 0.469 e. The summed E-state index contributed by atoms with van der Waals surface area (Å²) in [4.78, 5) is 53.7. The lowest BCUT2D eigenvalue weighted by Gasteiger charge is -2.07. The Bertz CT molecular complexity index is 2360. The molecule has 0 saturated carbocycles. The van der Waals surface area contributed by atoms with Crippen LogP contribution in [0.1, 0.15) is 98.4 Å². The average Bonchev–Trinajstić information content (AvgIpc) is 3.78. The van der Waals surface area contributed by atoms with Gasteiger partial charge in [0.2, 0.25) is 0 Å². The molecule has 2 aliphatic heterocycles. The molecule has 0 spiro atoms. The number of ether oxygens (including phenoxy) is 2. The number of allylic oxidation sites excluding steroid dienone is 4. The molecule has 2 aliphatic rings. The normalized spacial score (nSPS) is 12.8. The van der Waals surface area contributed by atoms with E-state index in [4.69, 9.17) is 19.4 Å². The number of carbonyl (C=O) groups is 2. The number of carbonyl (C=O) groups excluding carboxylic acids is 2. The number of nitro benzene ring substituents is 1. The van der Waals surface area contributed by atoms with Crippen LogP contribution in [0.25, 0.3) is 44.4 Å². The highest BCUT2D eigenvalue weighted by Gasteiger charge is 2.23. The van der Waals surface area contributed by atoms with Crippen LogP contribution >= 0.6 is 0 Å². The first-order chi connectivity index (χ1) is 24.9. The minimum absolute atomic E-state index is 0.0199. The van der Waals surface area contributed by atoms with Crippen LogP contribution in [-0.4, -0.2) is 43.9 Å². The molecule has 8 bridgehead atoms. The van der Waals surface area contributed by atoms with E-state index in [0.29, 0.717) is 24.2 Å². The van der Waals surface area contributed by atoms with Gasteiger partial charge < -0.3 is 19.4 Å². The predicted octanol–water partition coefficient (Wildman–Crippen LogP) is 9.17. The maximum absolute atomic E-state index is 13.1. The molecule has 0 unspecified atom stereocenters. The molecular formula is C41H43N5O6. The maximum atomic E-state index is 13.1. The molecule has 3 aromatic heterocycles. The molecular weight excluding hydrogens is 658 g/mol. The number of methoxy groups -OCH3 is 1. The van der Waals surface area contributed by atoms with Gasteiger partial charge in [-0.25, -0.2) is 9.97 Å². The number of H-pyrrole nitrogens is 2. The summed E-state index contributed by atoms with van der Waals surface area (Å²) in [5, 5.41) is 11.2. The molecule has 0 saturated heterocycles. The van der Waals surface area contributed by atoms with Crippen LogP contribution in [0.3, 0.4) is 0 Å². The van der Waals surface area contributed by atoms with E-state index in [9.17, 15) is 19.7 Å². The number of nitrogens with one attached hydrogen (secondary N) is 2. The molecule has 6 rings (SSSR count). The zero-order valence-corrected chi connectivity index (χ0v) is 30.7. The first kappa shape index (κ1) is 36.0. The van der Waals surface area contributed by atoms with Crippen molar-refractivity contribution < 1.29 is 24.0 Å². The average molecular weight is 702 g/mol. The van der Waals surface area contributed by atoms with Crippen LogP contribution in [0.15, 0.2) is 48.5 Å². The Morgan fingerprint density at radius 1 is 0.712 bits per heavy atom. The minimum Gasteiger partial charge on any atom is -0.469 e. The number of aromatic nitrogens is 4. The Hall–Kier alpha value is -5.84. The van der Waals surface area contributed by atoms with Crippen LogP contribution < -0.4 is 4.74 Å². The van der Waals surface area contributed by atoms with Gasteiger partial charge in [-0.3, -0.25) is 19.7 Å². The molecule has 5 heterocycles. The monoisotopic (exact) mass is 701 g/mol. The van der Waals surface area contributed by atoms with E-state index in [1.807, 2.05) is 19.9 Å². The fourth-order valence-corrected chi connectivity index (χ4v) is 7.16. The van der Waals surface area contributed by atoms with Crippen molar-refractivity contribution in [1.82, 2.24) is 19.9 Å². The summed E-state index contributed by atoms with van der Waals surface area (Å²) in [6.07, 6.45) is 2.65. The van der Waals surface area contributed by atoms with Gasteiger partial charge in [0.1, 0.15) is 5.75 Å². The zero-order valence-electron chi connectivity index (χ0n) is 30.7. The Morgan fingerprint density at radius 3 is 1.77 bits per heavy atom. The molecule has 0 amide bonds. The van der Waals surface area contributed by atoms with Crippen molar-refractivity contribution >= 4 is 62.0 Å². The third-order valence-electron chi connectivity index (χ3n) is 10.2. The van der Waals surface area contributed by atoms with Crippen molar-refractivity contribution in [3.05, 3.63) is 104 Å². The number of aryl methyl sites for hydroxylation is 4. The van der Waals surface area contributed by atoms with Crippen molar-refractivity contribution in [2.24, 2.45) is 0 Å². The SMILES string of the molecule is CCc1c(C)c2cc3[nH]c(cc4nc(cc5nc(cc1[nH]2)C(C)=C5CCC(=O)Oc1cccc([N+](=O)[O-])c1)C(CCC(=O)OC)=C4C)c(C)c3CC. The molecule has 0 radical (unpaired) electrons. The lowest BCUT2D eigenvalue weighted by atomic mass is 9.98. The number of benzene rings is 1. The quantitative estimate of drug-likeness (QED) is 0.0718. The van der Waals surface area contributed by atoms with E-state index >= 15 is 0 Å². The van der Waals surface area contributed by atoms with Crippen molar-refractivity contribution in [3.63, 3.8) is 0 Å². The number of esters is 2. The molecule has 2 N–H and O–H groups in total. The van der Waals surface area contributed by atoms with E-state index in [1.165, 1.54) is 48.1 Å². The van der Waals surface area contributed by atoms with Gasteiger partial charge in [-0.15, -0.1) is 0 Å². The smallest absolute Gasteiger partial charge is 0.311 e. The van der Waals surface area contributed by atoms with Gasteiger partial charge in [-0.1, -0.05) is 19.9 Å². The Morgan fingerprint density at radius 2 is 1.23 bits per heavy atom. The third-order valence-corrected chi connectivity index (χ3v) is 10.2.